The van der Waals surface area contributed by atoms with Crippen molar-refractivity contribution in [1.82, 2.24) is 19.8 Å². The van der Waals surface area contributed by atoms with Gasteiger partial charge in [-0.15, -0.1) is 5.10 Å². The van der Waals surface area contributed by atoms with Gasteiger partial charge in [0.2, 0.25) is 5.91 Å². The van der Waals surface area contributed by atoms with Gasteiger partial charge in [-0.2, -0.15) is 0 Å². The zero-order valence-electron chi connectivity index (χ0n) is 17.7. The van der Waals surface area contributed by atoms with E-state index in [1.54, 1.807) is 5.38 Å². The molecule has 1 atom stereocenters. The number of amides is 2. The Morgan fingerprint density at radius 3 is 2.35 bits per heavy atom. The van der Waals surface area contributed by atoms with E-state index in [0.29, 0.717) is 12.0 Å². The summed E-state index contributed by atoms with van der Waals surface area (Å²) in [6.45, 7) is 5.88. The Labute approximate surface area is 185 Å². The topological polar surface area (TPSA) is 75.2 Å². The Hall–Kier alpha value is -3.13. The molecule has 1 unspecified atom stereocenters. The molecular formula is C23H25FN4O2S. The standard InChI is InChI=1S/C23H25FN4O2S/c1-23(2,3)25-21(29)20(17-9-11-18(24)12-10-17)28(22(30)19-15-31-27-26-19)14-13-16-7-5-4-6-8-16/h4-12,15,20H,13-14H2,1-3H3,(H,25,29). The molecule has 0 aliphatic carbocycles. The number of carbonyl (C=O) groups is 2. The molecule has 0 radical (unpaired) electrons. The van der Waals surface area contributed by atoms with E-state index < -0.39 is 23.3 Å². The van der Waals surface area contributed by atoms with Gasteiger partial charge >= 0.3 is 0 Å². The molecule has 1 N–H and O–H groups in total. The Kier molecular flexibility index (Phi) is 7.12. The van der Waals surface area contributed by atoms with Crippen LogP contribution in [-0.4, -0.2) is 38.4 Å². The smallest absolute Gasteiger partial charge is 0.276 e. The fourth-order valence-corrected chi connectivity index (χ4v) is 3.63. The number of rotatable bonds is 7. The summed E-state index contributed by atoms with van der Waals surface area (Å²) in [4.78, 5) is 28.2. The van der Waals surface area contributed by atoms with Gasteiger partial charge in [-0.1, -0.05) is 47.0 Å². The summed E-state index contributed by atoms with van der Waals surface area (Å²) in [6, 6.07) is 14.4. The van der Waals surface area contributed by atoms with Crippen LogP contribution in [0.4, 0.5) is 4.39 Å². The van der Waals surface area contributed by atoms with E-state index >= 15 is 0 Å². The molecule has 0 bridgehead atoms. The lowest BCUT2D eigenvalue weighted by molar-refractivity contribution is -0.127. The number of nitrogens with zero attached hydrogens (tertiary/aromatic N) is 3. The van der Waals surface area contributed by atoms with Crippen molar-refractivity contribution in [1.29, 1.82) is 0 Å². The van der Waals surface area contributed by atoms with E-state index in [9.17, 15) is 14.0 Å². The third-order valence-corrected chi connectivity index (χ3v) is 5.07. The molecule has 31 heavy (non-hydrogen) atoms. The number of aromatic nitrogens is 2. The SMILES string of the molecule is CC(C)(C)NC(=O)C(c1ccc(F)cc1)N(CCc1ccccc1)C(=O)c1csnn1. The summed E-state index contributed by atoms with van der Waals surface area (Å²) in [5.74, 6) is -1.16. The predicted octanol–water partition coefficient (Wildman–Crippen LogP) is 4.02. The molecule has 2 amide bonds. The van der Waals surface area contributed by atoms with E-state index in [4.69, 9.17) is 0 Å². The fraction of sp³-hybridized carbons (Fsp3) is 0.304. The fourth-order valence-electron chi connectivity index (χ4n) is 3.20. The number of carbonyl (C=O) groups excluding carboxylic acids is 2. The summed E-state index contributed by atoms with van der Waals surface area (Å²) in [6.07, 6.45) is 0.546. The highest BCUT2D eigenvalue weighted by molar-refractivity contribution is 7.03. The van der Waals surface area contributed by atoms with Crippen LogP contribution in [0.15, 0.2) is 60.0 Å². The molecule has 162 valence electrons. The monoisotopic (exact) mass is 440 g/mol. The molecule has 1 heterocycles. The minimum atomic E-state index is -0.947. The third kappa shape index (κ3) is 6.18. The van der Waals surface area contributed by atoms with E-state index in [0.717, 1.165) is 17.1 Å². The summed E-state index contributed by atoms with van der Waals surface area (Å²) in [5, 5.41) is 8.41. The zero-order valence-corrected chi connectivity index (χ0v) is 18.5. The first-order chi connectivity index (χ1) is 14.7. The van der Waals surface area contributed by atoms with Crippen LogP contribution in [0, 0.1) is 5.82 Å². The quantitative estimate of drug-likeness (QED) is 0.602. The van der Waals surface area contributed by atoms with Gasteiger partial charge in [0, 0.05) is 17.5 Å². The molecule has 2 aromatic carbocycles. The second-order valence-electron chi connectivity index (χ2n) is 8.22. The minimum absolute atomic E-state index is 0.175. The van der Waals surface area contributed by atoms with Crippen molar-refractivity contribution in [2.75, 3.05) is 6.54 Å². The summed E-state index contributed by atoms with van der Waals surface area (Å²) in [5.41, 5.74) is 1.22. The van der Waals surface area contributed by atoms with E-state index in [1.165, 1.54) is 29.2 Å². The van der Waals surface area contributed by atoms with Gasteiger partial charge in [0.1, 0.15) is 11.9 Å². The first kappa shape index (κ1) is 22.6. The van der Waals surface area contributed by atoms with Crippen molar-refractivity contribution in [2.45, 2.75) is 38.8 Å². The highest BCUT2D eigenvalue weighted by Gasteiger charge is 2.34. The maximum Gasteiger partial charge on any atom is 0.276 e. The summed E-state index contributed by atoms with van der Waals surface area (Å²) in [7, 11) is 0. The van der Waals surface area contributed by atoms with Crippen LogP contribution in [0.3, 0.4) is 0 Å². The second-order valence-corrected chi connectivity index (χ2v) is 8.83. The van der Waals surface area contributed by atoms with Crippen LogP contribution in [0.1, 0.15) is 48.4 Å². The lowest BCUT2D eigenvalue weighted by Crippen LogP contribution is -2.49. The highest BCUT2D eigenvalue weighted by Crippen LogP contribution is 2.25. The second kappa shape index (κ2) is 9.78. The Morgan fingerprint density at radius 2 is 1.77 bits per heavy atom. The van der Waals surface area contributed by atoms with Gasteiger partial charge in [-0.25, -0.2) is 4.39 Å². The van der Waals surface area contributed by atoms with Crippen LogP contribution >= 0.6 is 11.5 Å². The first-order valence-electron chi connectivity index (χ1n) is 9.94. The van der Waals surface area contributed by atoms with Crippen molar-refractivity contribution in [3.05, 3.63) is 82.6 Å². The number of benzene rings is 2. The largest absolute Gasteiger partial charge is 0.349 e. The van der Waals surface area contributed by atoms with E-state index in [-0.39, 0.29) is 18.1 Å². The molecular weight excluding hydrogens is 415 g/mol. The average molecular weight is 441 g/mol. The Bertz CT molecular complexity index is 1000. The first-order valence-corrected chi connectivity index (χ1v) is 10.8. The van der Waals surface area contributed by atoms with Gasteiger partial charge in [0.25, 0.3) is 5.91 Å². The van der Waals surface area contributed by atoms with Gasteiger partial charge in [-0.3, -0.25) is 9.59 Å². The molecule has 0 spiro atoms. The van der Waals surface area contributed by atoms with Gasteiger partial charge in [0.05, 0.1) is 0 Å². The molecule has 1 aromatic heterocycles. The van der Waals surface area contributed by atoms with Crippen molar-refractivity contribution in [3.63, 3.8) is 0 Å². The number of nitrogens with one attached hydrogen (secondary N) is 1. The van der Waals surface area contributed by atoms with Crippen molar-refractivity contribution in [2.24, 2.45) is 0 Å². The maximum atomic E-state index is 13.6. The molecule has 0 saturated heterocycles. The summed E-state index contributed by atoms with van der Waals surface area (Å²) < 4.78 is 17.4. The minimum Gasteiger partial charge on any atom is -0.349 e. The number of hydrogen-bond donors (Lipinski definition) is 1. The predicted molar refractivity (Wildman–Crippen MR) is 118 cm³/mol. The Morgan fingerprint density at radius 1 is 1.10 bits per heavy atom. The van der Waals surface area contributed by atoms with E-state index in [1.807, 2.05) is 51.1 Å². The van der Waals surface area contributed by atoms with Crippen LogP contribution in [-0.2, 0) is 11.2 Å². The van der Waals surface area contributed by atoms with Gasteiger partial charge < -0.3 is 10.2 Å². The van der Waals surface area contributed by atoms with Crippen molar-refractivity contribution >= 4 is 23.3 Å². The Balaban J connectivity index is 2.00. The van der Waals surface area contributed by atoms with Gasteiger partial charge in [0.15, 0.2) is 5.69 Å². The molecule has 3 aromatic rings. The molecule has 6 nitrogen and oxygen atoms in total. The lowest BCUT2D eigenvalue weighted by atomic mass is 10.0. The van der Waals surface area contributed by atoms with Crippen LogP contribution < -0.4 is 5.32 Å². The molecule has 0 saturated carbocycles. The molecule has 8 heteroatoms. The number of hydrogen-bond acceptors (Lipinski definition) is 5. The summed E-state index contributed by atoms with van der Waals surface area (Å²) >= 11 is 1.07. The molecule has 0 aliphatic rings. The average Bonchev–Trinajstić information content (AvgIpc) is 3.26. The van der Waals surface area contributed by atoms with Crippen LogP contribution in [0.2, 0.25) is 0 Å². The number of halogens is 1. The molecule has 0 aliphatic heterocycles. The van der Waals surface area contributed by atoms with Crippen LogP contribution in [0.25, 0.3) is 0 Å². The van der Waals surface area contributed by atoms with Gasteiger partial charge in [-0.05, 0) is 62.0 Å². The molecule has 0 fully saturated rings. The van der Waals surface area contributed by atoms with Crippen molar-refractivity contribution in [3.8, 4) is 0 Å². The maximum absolute atomic E-state index is 13.6. The van der Waals surface area contributed by atoms with Crippen molar-refractivity contribution < 1.29 is 14.0 Å². The molecule has 3 rings (SSSR count). The van der Waals surface area contributed by atoms with E-state index in [2.05, 4.69) is 14.9 Å². The normalized spacial score (nSPS) is 12.3. The highest BCUT2D eigenvalue weighted by atomic mass is 32.1. The third-order valence-electron chi connectivity index (χ3n) is 4.57. The van der Waals surface area contributed by atoms with Crippen LogP contribution in [0.5, 0.6) is 0 Å². The zero-order chi connectivity index (χ0) is 22.4. The lowest BCUT2D eigenvalue weighted by Gasteiger charge is -2.33.